The number of H-pyrrole nitrogens is 1. The van der Waals surface area contributed by atoms with E-state index in [-0.39, 0.29) is 24.2 Å². The van der Waals surface area contributed by atoms with Crippen LogP contribution in [-0.4, -0.2) is 22.0 Å². The Balaban J connectivity index is 1.62. The van der Waals surface area contributed by atoms with E-state index in [1.807, 2.05) is 50.2 Å². The molecule has 1 aliphatic carbocycles. The van der Waals surface area contributed by atoms with Crippen LogP contribution in [0.4, 0.5) is 4.79 Å². The van der Waals surface area contributed by atoms with Crippen molar-refractivity contribution in [2.75, 3.05) is 0 Å². The summed E-state index contributed by atoms with van der Waals surface area (Å²) in [5, 5.41) is 4.86. The van der Waals surface area contributed by atoms with Crippen LogP contribution in [0.1, 0.15) is 54.4 Å². The molecule has 1 saturated carbocycles. The lowest BCUT2D eigenvalue weighted by atomic mass is 9.96. The zero-order valence-corrected chi connectivity index (χ0v) is 19.5. The Hall–Kier alpha value is -2.79. The van der Waals surface area contributed by atoms with Crippen molar-refractivity contribution in [2.24, 2.45) is 0 Å². The van der Waals surface area contributed by atoms with Crippen LogP contribution in [0.15, 0.2) is 47.3 Å². The number of rotatable bonds is 5. The number of aromatic amines is 1. The lowest BCUT2D eigenvalue weighted by Crippen LogP contribution is -2.45. The molecule has 1 fully saturated rings. The Morgan fingerprint density at radius 2 is 1.78 bits per heavy atom. The number of fused-ring (bicyclic) bond motifs is 1. The summed E-state index contributed by atoms with van der Waals surface area (Å²) in [5.41, 5.74) is 4.43. The van der Waals surface area contributed by atoms with Gasteiger partial charge in [-0.3, -0.25) is 4.79 Å². The van der Waals surface area contributed by atoms with Gasteiger partial charge in [0.05, 0.1) is 6.54 Å². The molecule has 4 rings (SSSR count). The quantitative estimate of drug-likeness (QED) is 0.511. The number of halogens is 1. The van der Waals surface area contributed by atoms with Gasteiger partial charge in [-0.15, -0.1) is 0 Å². The number of carbonyl (C=O) groups is 1. The summed E-state index contributed by atoms with van der Waals surface area (Å²) in [6.07, 6.45) is 5.54. The molecule has 0 radical (unpaired) electrons. The van der Waals surface area contributed by atoms with Crippen LogP contribution in [-0.2, 0) is 13.1 Å². The van der Waals surface area contributed by atoms with Crippen molar-refractivity contribution in [1.82, 2.24) is 15.2 Å². The molecule has 32 heavy (non-hydrogen) atoms. The molecule has 0 bridgehead atoms. The van der Waals surface area contributed by atoms with E-state index in [0.717, 1.165) is 53.3 Å². The first-order chi connectivity index (χ1) is 15.4. The van der Waals surface area contributed by atoms with E-state index in [9.17, 15) is 9.59 Å². The van der Waals surface area contributed by atoms with E-state index >= 15 is 0 Å². The minimum Gasteiger partial charge on any atom is -0.335 e. The zero-order chi connectivity index (χ0) is 22.7. The van der Waals surface area contributed by atoms with Gasteiger partial charge in [-0.05, 0) is 67.6 Å². The van der Waals surface area contributed by atoms with Gasteiger partial charge in [-0.1, -0.05) is 49.1 Å². The van der Waals surface area contributed by atoms with Crippen molar-refractivity contribution in [2.45, 2.75) is 65.1 Å². The molecule has 5 nitrogen and oxygen atoms in total. The molecular weight excluding hydrogens is 422 g/mol. The van der Waals surface area contributed by atoms with Crippen molar-refractivity contribution in [1.29, 1.82) is 0 Å². The Labute approximate surface area is 193 Å². The summed E-state index contributed by atoms with van der Waals surface area (Å²) in [6, 6.07) is 13.6. The molecule has 3 aromatic rings. The van der Waals surface area contributed by atoms with Crippen molar-refractivity contribution < 1.29 is 4.79 Å². The largest absolute Gasteiger partial charge is 0.335 e. The van der Waals surface area contributed by atoms with Gasteiger partial charge in [-0.2, -0.15) is 0 Å². The summed E-state index contributed by atoms with van der Waals surface area (Å²) >= 11 is 6.03. The minimum atomic E-state index is -0.158. The van der Waals surface area contributed by atoms with E-state index in [4.69, 9.17) is 11.6 Å². The number of hydrogen-bond donors (Lipinski definition) is 2. The van der Waals surface area contributed by atoms with Gasteiger partial charge in [0, 0.05) is 34.1 Å². The fourth-order valence-electron chi connectivity index (χ4n) is 4.56. The number of urea groups is 1. The summed E-state index contributed by atoms with van der Waals surface area (Å²) < 4.78 is 0. The monoisotopic (exact) mass is 451 g/mol. The molecule has 0 saturated heterocycles. The fraction of sp³-hybridized carbons (Fsp3) is 0.385. The first-order valence-electron chi connectivity index (χ1n) is 11.3. The van der Waals surface area contributed by atoms with Crippen LogP contribution < -0.4 is 10.9 Å². The van der Waals surface area contributed by atoms with Crippen LogP contribution in [0.25, 0.3) is 10.9 Å². The molecule has 168 valence electrons. The van der Waals surface area contributed by atoms with Crippen molar-refractivity contribution in [3.63, 3.8) is 0 Å². The predicted octanol–water partition coefficient (Wildman–Crippen LogP) is 5.84. The number of carbonyl (C=O) groups excluding carboxylic acids is 1. The van der Waals surface area contributed by atoms with Crippen molar-refractivity contribution >= 4 is 28.5 Å². The third kappa shape index (κ3) is 5.33. The molecule has 2 amide bonds. The first kappa shape index (κ1) is 22.4. The molecule has 0 unspecified atom stereocenters. The van der Waals surface area contributed by atoms with Crippen LogP contribution in [0.3, 0.4) is 0 Å². The van der Waals surface area contributed by atoms with Gasteiger partial charge in [0.1, 0.15) is 0 Å². The zero-order valence-electron chi connectivity index (χ0n) is 18.7. The maximum atomic E-state index is 13.3. The molecule has 1 aliphatic rings. The second-order valence-electron chi connectivity index (χ2n) is 8.93. The van der Waals surface area contributed by atoms with Gasteiger partial charge in [0.25, 0.3) is 5.56 Å². The van der Waals surface area contributed by atoms with Crippen LogP contribution in [0.5, 0.6) is 0 Å². The van der Waals surface area contributed by atoms with E-state index in [2.05, 4.69) is 16.4 Å². The van der Waals surface area contributed by atoms with Gasteiger partial charge < -0.3 is 15.2 Å². The number of benzene rings is 2. The number of nitrogens with one attached hydrogen (secondary N) is 2. The lowest BCUT2D eigenvalue weighted by Gasteiger charge is -2.28. The molecule has 2 aromatic carbocycles. The molecule has 0 spiro atoms. The second kappa shape index (κ2) is 9.78. The van der Waals surface area contributed by atoms with Crippen LogP contribution >= 0.6 is 11.6 Å². The number of hydrogen-bond acceptors (Lipinski definition) is 2. The van der Waals surface area contributed by atoms with Gasteiger partial charge in [0.2, 0.25) is 0 Å². The standard InChI is InChI=1S/C26H30ClN3O2/c1-17-12-18(2)23-14-20(25(31)29-24(23)13-17)16-30(15-19-8-10-21(27)11-9-19)26(32)28-22-6-4-3-5-7-22/h8-14,22H,3-7,15-16H2,1-2H3,(H,28,32)(H,29,31). The number of aryl methyl sites for hydroxylation is 2. The number of nitrogens with zero attached hydrogens (tertiary/aromatic N) is 1. The van der Waals surface area contributed by atoms with E-state index in [0.29, 0.717) is 17.1 Å². The minimum absolute atomic E-state index is 0.132. The topological polar surface area (TPSA) is 65.2 Å². The average molecular weight is 452 g/mol. The first-order valence-corrected chi connectivity index (χ1v) is 11.7. The third-order valence-electron chi connectivity index (χ3n) is 6.26. The van der Waals surface area contributed by atoms with Crippen LogP contribution in [0, 0.1) is 13.8 Å². The summed E-state index contributed by atoms with van der Waals surface area (Å²) in [7, 11) is 0. The Morgan fingerprint density at radius 1 is 1.06 bits per heavy atom. The fourth-order valence-corrected chi connectivity index (χ4v) is 4.69. The van der Waals surface area contributed by atoms with E-state index in [1.165, 1.54) is 6.42 Å². The maximum Gasteiger partial charge on any atom is 0.318 e. The Morgan fingerprint density at radius 3 is 2.50 bits per heavy atom. The Kier molecular flexibility index (Phi) is 6.85. The number of pyridine rings is 1. The summed E-state index contributed by atoms with van der Waals surface area (Å²) in [5.74, 6) is 0. The van der Waals surface area contributed by atoms with E-state index < -0.39 is 0 Å². The second-order valence-corrected chi connectivity index (χ2v) is 9.37. The molecule has 6 heteroatoms. The Bertz CT molecular complexity index is 1160. The van der Waals surface area contributed by atoms with Gasteiger partial charge in [0.15, 0.2) is 0 Å². The predicted molar refractivity (Wildman–Crippen MR) is 130 cm³/mol. The number of amides is 2. The third-order valence-corrected chi connectivity index (χ3v) is 6.51. The van der Waals surface area contributed by atoms with Crippen molar-refractivity contribution in [3.05, 3.63) is 80.1 Å². The smallest absolute Gasteiger partial charge is 0.318 e. The number of aromatic nitrogens is 1. The van der Waals surface area contributed by atoms with E-state index in [1.54, 1.807) is 4.90 Å². The highest BCUT2D eigenvalue weighted by Crippen LogP contribution is 2.21. The molecule has 1 aromatic heterocycles. The normalized spacial score (nSPS) is 14.5. The van der Waals surface area contributed by atoms with Gasteiger partial charge >= 0.3 is 6.03 Å². The van der Waals surface area contributed by atoms with Gasteiger partial charge in [-0.25, -0.2) is 4.79 Å². The lowest BCUT2D eigenvalue weighted by molar-refractivity contribution is 0.184. The molecule has 1 heterocycles. The van der Waals surface area contributed by atoms with Crippen molar-refractivity contribution in [3.8, 4) is 0 Å². The molecule has 0 atom stereocenters. The maximum absolute atomic E-state index is 13.3. The summed E-state index contributed by atoms with van der Waals surface area (Å²) in [6.45, 7) is 4.70. The molecule has 0 aliphatic heterocycles. The highest BCUT2D eigenvalue weighted by molar-refractivity contribution is 6.30. The highest BCUT2D eigenvalue weighted by atomic mass is 35.5. The molecule has 2 N–H and O–H groups in total. The molecular formula is C26H30ClN3O2. The SMILES string of the molecule is Cc1cc(C)c2cc(CN(Cc3ccc(Cl)cc3)C(=O)NC3CCCCC3)c(=O)[nH]c2c1. The summed E-state index contributed by atoms with van der Waals surface area (Å²) in [4.78, 5) is 30.8. The van der Waals surface area contributed by atoms with Crippen LogP contribution in [0.2, 0.25) is 5.02 Å². The average Bonchev–Trinajstić information content (AvgIpc) is 2.76. The highest BCUT2D eigenvalue weighted by Gasteiger charge is 2.21.